The lowest BCUT2D eigenvalue weighted by Crippen LogP contribution is -2.11. The smallest absolute Gasteiger partial charge is 0.135 e. The van der Waals surface area contributed by atoms with Crippen LogP contribution in [-0.4, -0.2) is 36.2 Å². The molecule has 0 amide bonds. The minimum atomic E-state index is -0.475. The van der Waals surface area contributed by atoms with Gasteiger partial charge in [0.05, 0.1) is 29.2 Å². The predicted octanol–water partition coefficient (Wildman–Crippen LogP) is 1.94. The number of fused-ring (bicyclic) bond motifs is 3. The van der Waals surface area contributed by atoms with Crippen LogP contribution in [0.5, 0.6) is 0 Å². The standard InChI is InChI=1S/C16H16N6O/c1-9(23)7-22-8-12-15(21-22)11-3-2-10(13-4-5-18-20-13)6-14(11)19-16(12)17/h2-6,8-9,23H,7H2,1H3,(H2,17,19)(H,18,20)/t9-/m0/s1. The normalized spacial score (nSPS) is 13.0. The molecule has 7 heteroatoms. The summed E-state index contributed by atoms with van der Waals surface area (Å²) in [6.45, 7) is 2.14. The molecule has 0 aliphatic heterocycles. The lowest BCUT2D eigenvalue weighted by molar-refractivity contribution is 0.169. The van der Waals surface area contributed by atoms with Gasteiger partial charge >= 0.3 is 0 Å². The van der Waals surface area contributed by atoms with Gasteiger partial charge in [0.2, 0.25) is 0 Å². The Labute approximate surface area is 131 Å². The summed E-state index contributed by atoms with van der Waals surface area (Å²) in [7, 11) is 0. The number of nitrogens with zero attached hydrogens (tertiary/aromatic N) is 4. The van der Waals surface area contributed by atoms with E-state index < -0.39 is 6.10 Å². The molecule has 0 spiro atoms. The quantitative estimate of drug-likeness (QED) is 0.536. The van der Waals surface area contributed by atoms with Crippen LogP contribution in [0, 0.1) is 0 Å². The first-order chi connectivity index (χ1) is 11.1. The summed E-state index contributed by atoms with van der Waals surface area (Å²) in [6.07, 6.45) is 3.06. The Morgan fingerprint density at radius 2 is 2.17 bits per heavy atom. The molecule has 7 nitrogen and oxygen atoms in total. The topological polar surface area (TPSA) is 106 Å². The van der Waals surface area contributed by atoms with Crippen LogP contribution in [0.15, 0.2) is 36.7 Å². The lowest BCUT2D eigenvalue weighted by Gasteiger charge is -2.04. The van der Waals surface area contributed by atoms with E-state index in [4.69, 9.17) is 5.73 Å². The number of aromatic nitrogens is 5. The van der Waals surface area contributed by atoms with Gasteiger partial charge in [0.25, 0.3) is 0 Å². The number of rotatable bonds is 3. The van der Waals surface area contributed by atoms with Crippen LogP contribution in [0.4, 0.5) is 5.82 Å². The number of aliphatic hydroxyl groups excluding tert-OH is 1. The molecule has 23 heavy (non-hydrogen) atoms. The molecule has 4 N–H and O–H groups in total. The fourth-order valence-electron chi connectivity index (χ4n) is 2.77. The summed E-state index contributed by atoms with van der Waals surface area (Å²) in [5.74, 6) is 0.436. The fraction of sp³-hybridized carbons (Fsp3) is 0.188. The Morgan fingerprint density at radius 3 is 2.91 bits per heavy atom. The highest BCUT2D eigenvalue weighted by molar-refractivity contribution is 6.08. The molecular weight excluding hydrogens is 292 g/mol. The number of hydrogen-bond donors (Lipinski definition) is 3. The SMILES string of the molecule is C[C@H](O)Cn1cc2c(N)nc3cc(-c4ccn[nH]4)ccc3c2n1. The third-order valence-electron chi connectivity index (χ3n) is 3.79. The molecular formula is C16H16N6O. The van der Waals surface area contributed by atoms with E-state index in [1.807, 2.05) is 30.5 Å². The van der Waals surface area contributed by atoms with Crippen molar-refractivity contribution in [2.45, 2.75) is 19.6 Å². The highest BCUT2D eigenvalue weighted by atomic mass is 16.3. The summed E-state index contributed by atoms with van der Waals surface area (Å²) >= 11 is 0. The summed E-state index contributed by atoms with van der Waals surface area (Å²) in [5, 5.41) is 22.7. The highest BCUT2D eigenvalue weighted by Gasteiger charge is 2.12. The second-order valence-electron chi connectivity index (χ2n) is 5.66. The molecule has 116 valence electrons. The predicted molar refractivity (Wildman–Crippen MR) is 88.7 cm³/mol. The van der Waals surface area contributed by atoms with Gasteiger partial charge in [0, 0.05) is 23.3 Å². The molecule has 4 aromatic rings. The van der Waals surface area contributed by atoms with Crippen LogP contribution in [0.1, 0.15) is 6.92 Å². The average Bonchev–Trinajstić information content (AvgIpc) is 3.15. The van der Waals surface area contributed by atoms with Crippen molar-refractivity contribution in [2.75, 3.05) is 5.73 Å². The zero-order valence-corrected chi connectivity index (χ0v) is 12.6. The Bertz CT molecular complexity index is 987. The van der Waals surface area contributed by atoms with Crippen molar-refractivity contribution in [3.05, 3.63) is 36.7 Å². The maximum atomic E-state index is 9.54. The minimum Gasteiger partial charge on any atom is -0.391 e. The number of benzene rings is 1. The lowest BCUT2D eigenvalue weighted by atomic mass is 10.1. The van der Waals surface area contributed by atoms with Crippen LogP contribution in [0.2, 0.25) is 0 Å². The van der Waals surface area contributed by atoms with E-state index in [2.05, 4.69) is 20.3 Å². The third kappa shape index (κ3) is 2.31. The number of aliphatic hydroxyl groups is 1. The van der Waals surface area contributed by atoms with E-state index in [9.17, 15) is 5.11 Å². The minimum absolute atomic E-state index is 0.418. The molecule has 0 fully saturated rings. The Kier molecular flexibility index (Phi) is 3.02. The van der Waals surface area contributed by atoms with E-state index in [1.54, 1.807) is 17.8 Å². The molecule has 0 aliphatic rings. The maximum Gasteiger partial charge on any atom is 0.135 e. The first kappa shape index (κ1) is 13.7. The second kappa shape index (κ2) is 5.06. The zero-order chi connectivity index (χ0) is 16.0. The van der Waals surface area contributed by atoms with E-state index >= 15 is 0 Å². The summed E-state index contributed by atoms with van der Waals surface area (Å²) in [6, 6.07) is 7.85. The van der Waals surface area contributed by atoms with Crippen LogP contribution in [-0.2, 0) is 6.54 Å². The van der Waals surface area contributed by atoms with Crippen molar-refractivity contribution in [1.29, 1.82) is 0 Å². The molecule has 4 rings (SSSR count). The van der Waals surface area contributed by atoms with Crippen molar-refractivity contribution in [2.24, 2.45) is 0 Å². The van der Waals surface area contributed by atoms with Crippen molar-refractivity contribution < 1.29 is 5.11 Å². The van der Waals surface area contributed by atoms with Gasteiger partial charge in [0.15, 0.2) is 0 Å². The zero-order valence-electron chi connectivity index (χ0n) is 12.6. The number of nitrogen functional groups attached to an aromatic ring is 1. The highest BCUT2D eigenvalue weighted by Crippen LogP contribution is 2.29. The van der Waals surface area contributed by atoms with E-state index in [0.29, 0.717) is 12.4 Å². The van der Waals surface area contributed by atoms with Crippen LogP contribution in [0.3, 0.4) is 0 Å². The molecule has 0 radical (unpaired) electrons. The van der Waals surface area contributed by atoms with Gasteiger partial charge in [0.1, 0.15) is 11.3 Å². The molecule has 0 aliphatic carbocycles. The van der Waals surface area contributed by atoms with Crippen LogP contribution in [0.25, 0.3) is 33.1 Å². The number of anilines is 1. The van der Waals surface area contributed by atoms with Gasteiger partial charge in [-0.1, -0.05) is 6.07 Å². The fourth-order valence-corrected chi connectivity index (χ4v) is 2.77. The Balaban J connectivity index is 1.92. The van der Waals surface area contributed by atoms with Gasteiger partial charge < -0.3 is 10.8 Å². The van der Waals surface area contributed by atoms with E-state index in [-0.39, 0.29) is 0 Å². The Hall–Kier alpha value is -2.93. The van der Waals surface area contributed by atoms with Crippen molar-refractivity contribution in [3.8, 4) is 11.3 Å². The summed E-state index contributed by atoms with van der Waals surface area (Å²) in [4.78, 5) is 4.49. The first-order valence-electron chi connectivity index (χ1n) is 7.36. The number of nitrogens with one attached hydrogen (secondary N) is 1. The van der Waals surface area contributed by atoms with E-state index in [0.717, 1.165) is 33.1 Å². The van der Waals surface area contributed by atoms with Gasteiger partial charge in [-0.05, 0) is 25.1 Å². The van der Waals surface area contributed by atoms with Crippen molar-refractivity contribution in [3.63, 3.8) is 0 Å². The first-order valence-corrected chi connectivity index (χ1v) is 7.36. The monoisotopic (exact) mass is 308 g/mol. The second-order valence-corrected chi connectivity index (χ2v) is 5.66. The van der Waals surface area contributed by atoms with Crippen molar-refractivity contribution in [1.82, 2.24) is 25.0 Å². The maximum absolute atomic E-state index is 9.54. The van der Waals surface area contributed by atoms with Gasteiger partial charge in [-0.2, -0.15) is 10.2 Å². The Morgan fingerprint density at radius 1 is 1.30 bits per heavy atom. The molecule has 0 unspecified atom stereocenters. The third-order valence-corrected chi connectivity index (χ3v) is 3.79. The average molecular weight is 308 g/mol. The molecule has 0 saturated carbocycles. The molecule has 1 atom stereocenters. The van der Waals surface area contributed by atoms with E-state index in [1.165, 1.54) is 0 Å². The molecule has 3 aromatic heterocycles. The molecule has 0 saturated heterocycles. The number of pyridine rings is 1. The summed E-state index contributed by atoms with van der Waals surface area (Å²) in [5.41, 5.74) is 9.58. The van der Waals surface area contributed by atoms with Crippen LogP contribution < -0.4 is 5.73 Å². The number of hydrogen-bond acceptors (Lipinski definition) is 5. The van der Waals surface area contributed by atoms with Crippen molar-refractivity contribution >= 4 is 27.6 Å². The molecule has 0 bridgehead atoms. The van der Waals surface area contributed by atoms with Gasteiger partial charge in [-0.25, -0.2) is 4.98 Å². The number of nitrogens with two attached hydrogens (primary N) is 1. The van der Waals surface area contributed by atoms with Gasteiger partial charge in [-0.3, -0.25) is 9.78 Å². The number of H-pyrrole nitrogens is 1. The van der Waals surface area contributed by atoms with Crippen LogP contribution >= 0.6 is 0 Å². The summed E-state index contributed by atoms with van der Waals surface area (Å²) < 4.78 is 1.70. The number of aromatic amines is 1. The molecule has 1 aromatic carbocycles. The largest absolute Gasteiger partial charge is 0.391 e. The van der Waals surface area contributed by atoms with Gasteiger partial charge in [-0.15, -0.1) is 0 Å². The molecule has 3 heterocycles.